The molecule has 0 saturated heterocycles. The summed E-state index contributed by atoms with van der Waals surface area (Å²) in [6.45, 7) is 4.63. The number of hydrogen-bond donors (Lipinski definition) is 3. The Labute approximate surface area is 154 Å². The van der Waals surface area contributed by atoms with Gasteiger partial charge in [0.2, 0.25) is 0 Å². The fourth-order valence-corrected chi connectivity index (χ4v) is 3.23. The van der Waals surface area contributed by atoms with Crippen molar-refractivity contribution in [2.75, 3.05) is 31.8 Å². The van der Waals surface area contributed by atoms with Gasteiger partial charge in [-0.1, -0.05) is 15.8 Å². The molecular formula is C18H23N6OP. The van der Waals surface area contributed by atoms with Crippen molar-refractivity contribution in [3.8, 4) is 11.4 Å². The molecule has 0 radical (unpaired) electrons. The molecule has 26 heavy (non-hydrogen) atoms. The first-order chi connectivity index (χ1) is 12.5. The average Bonchev–Trinajstić information content (AvgIpc) is 3.02. The van der Waals surface area contributed by atoms with Crippen molar-refractivity contribution in [3.05, 3.63) is 42.7 Å². The van der Waals surface area contributed by atoms with Gasteiger partial charge in [0, 0.05) is 43.0 Å². The molecule has 0 aliphatic heterocycles. The Kier molecular flexibility index (Phi) is 5.28. The third-order valence-corrected chi connectivity index (χ3v) is 4.80. The second kappa shape index (κ2) is 7.62. The van der Waals surface area contributed by atoms with Crippen molar-refractivity contribution >= 4 is 37.1 Å². The number of nitrogen functional groups attached to an aromatic ring is 1. The number of methoxy groups -OCH3 is 1. The summed E-state index contributed by atoms with van der Waals surface area (Å²) in [5.41, 5.74) is 8.98. The molecule has 4 N–H and O–H groups in total. The van der Waals surface area contributed by atoms with Gasteiger partial charge < -0.3 is 25.7 Å². The average molecular weight is 370 g/mol. The maximum Gasteiger partial charge on any atom is 0.158 e. The van der Waals surface area contributed by atoms with Gasteiger partial charge >= 0.3 is 0 Å². The molecule has 3 rings (SSSR count). The van der Waals surface area contributed by atoms with Crippen LogP contribution in [0.15, 0.2) is 42.7 Å². The lowest BCUT2D eigenvalue weighted by Gasteiger charge is -2.10. The van der Waals surface area contributed by atoms with Crippen LogP contribution in [0.4, 0.5) is 11.6 Å². The van der Waals surface area contributed by atoms with E-state index < -0.39 is 0 Å². The van der Waals surface area contributed by atoms with Crippen LogP contribution < -0.4 is 26.5 Å². The lowest BCUT2D eigenvalue weighted by Crippen LogP contribution is -2.13. The lowest BCUT2D eigenvalue weighted by molar-refractivity contribution is 0.415. The van der Waals surface area contributed by atoms with E-state index in [0.29, 0.717) is 18.2 Å². The molecule has 8 heteroatoms. The van der Waals surface area contributed by atoms with Gasteiger partial charge in [0.15, 0.2) is 11.6 Å². The summed E-state index contributed by atoms with van der Waals surface area (Å²) >= 11 is 0. The number of nitrogens with one attached hydrogen (secondary N) is 2. The number of fused-ring (bicyclic) bond motifs is 1. The Morgan fingerprint density at radius 2 is 2.04 bits per heavy atom. The van der Waals surface area contributed by atoms with Crippen molar-refractivity contribution in [1.82, 2.24) is 20.1 Å². The number of ether oxygens (including phenoxy) is 1. The topological polar surface area (TPSA) is 90.0 Å². The Bertz CT molecular complexity index is 935. The van der Waals surface area contributed by atoms with E-state index in [-0.39, 0.29) is 0 Å². The van der Waals surface area contributed by atoms with Gasteiger partial charge in [-0.15, -0.1) is 10.2 Å². The summed E-state index contributed by atoms with van der Waals surface area (Å²) < 4.78 is 7.28. The van der Waals surface area contributed by atoms with Crippen LogP contribution >= 0.6 is 9.24 Å². The molecule has 2 aromatic heterocycles. The number of aromatic nitrogens is 3. The predicted octanol–water partition coefficient (Wildman–Crippen LogP) is 2.05. The van der Waals surface area contributed by atoms with E-state index >= 15 is 0 Å². The van der Waals surface area contributed by atoms with Crippen molar-refractivity contribution in [3.63, 3.8) is 0 Å². The quantitative estimate of drug-likeness (QED) is 0.552. The van der Waals surface area contributed by atoms with Crippen molar-refractivity contribution < 1.29 is 4.74 Å². The Hall–Kier alpha value is -2.79. The molecule has 0 aliphatic carbocycles. The molecule has 0 spiro atoms. The van der Waals surface area contributed by atoms with Crippen LogP contribution in [0.2, 0.25) is 0 Å². The monoisotopic (exact) mass is 370 g/mol. The molecule has 0 fully saturated rings. The summed E-state index contributed by atoms with van der Waals surface area (Å²) in [6, 6.07) is 7.83. The van der Waals surface area contributed by atoms with Crippen LogP contribution in [0.5, 0.6) is 5.75 Å². The van der Waals surface area contributed by atoms with Gasteiger partial charge in [0.25, 0.3) is 0 Å². The van der Waals surface area contributed by atoms with Crippen molar-refractivity contribution in [2.24, 2.45) is 0 Å². The second-order valence-corrected chi connectivity index (χ2v) is 6.38. The van der Waals surface area contributed by atoms with E-state index in [1.54, 1.807) is 7.11 Å². The van der Waals surface area contributed by atoms with E-state index in [0.717, 1.165) is 39.8 Å². The molecule has 0 saturated carbocycles. The van der Waals surface area contributed by atoms with Crippen LogP contribution in [0.25, 0.3) is 16.5 Å². The third kappa shape index (κ3) is 3.44. The Morgan fingerprint density at radius 3 is 2.69 bits per heavy atom. The number of rotatable bonds is 7. The van der Waals surface area contributed by atoms with E-state index in [9.17, 15) is 0 Å². The summed E-state index contributed by atoms with van der Waals surface area (Å²) in [5.74, 6) is 1.92. The first kappa shape index (κ1) is 18.0. The first-order valence-corrected chi connectivity index (χ1v) is 8.79. The second-order valence-electron chi connectivity index (χ2n) is 5.84. The maximum absolute atomic E-state index is 6.06. The summed E-state index contributed by atoms with van der Waals surface area (Å²) in [7, 11) is 6.29. The molecule has 0 amide bonds. The fourth-order valence-electron chi connectivity index (χ4n) is 2.71. The molecule has 1 aromatic carbocycles. The number of nitrogens with two attached hydrogens (primary N) is 1. The van der Waals surface area contributed by atoms with E-state index in [1.807, 2.05) is 42.1 Å². The van der Waals surface area contributed by atoms with E-state index in [4.69, 9.17) is 10.5 Å². The van der Waals surface area contributed by atoms with E-state index in [2.05, 4.69) is 36.6 Å². The highest BCUT2D eigenvalue weighted by molar-refractivity contribution is 7.28. The molecule has 2 heterocycles. The van der Waals surface area contributed by atoms with Crippen LogP contribution in [0.3, 0.4) is 0 Å². The Balaban J connectivity index is 1.99. The van der Waals surface area contributed by atoms with Crippen LogP contribution in [0.1, 0.15) is 6.42 Å². The SMILES string of the molecule is C=C(CCNc1nnc(N)c2cn(-c3ccc(OC)cc3)c(P)c12)NC. The van der Waals surface area contributed by atoms with Crippen LogP contribution in [-0.2, 0) is 0 Å². The molecular weight excluding hydrogens is 347 g/mol. The van der Waals surface area contributed by atoms with Crippen LogP contribution in [0, 0.1) is 0 Å². The zero-order chi connectivity index (χ0) is 18.7. The smallest absolute Gasteiger partial charge is 0.158 e. The minimum atomic E-state index is 0.404. The van der Waals surface area contributed by atoms with Gasteiger partial charge in [-0.3, -0.25) is 0 Å². The zero-order valence-electron chi connectivity index (χ0n) is 14.9. The minimum Gasteiger partial charge on any atom is -0.497 e. The van der Waals surface area contributed by atoms with Gasteiger partial charge in [0.1, 0.15) is 5.75 Å². The first-order valence-electron chi connectivity index (χ1n) is 8.21. The highest BCUT2D eigenvalue weighted by atomic mass is 31.0. The highest BCUT2D eigenvalue weighted by Crippen LogP contribution is 2.28. The molecule has 7 nitrogen and oxygen atoms in total. The van der Waals surface area contributed by atoms with Gasteiger partial charge in [0.05, 0.1) is 17.9 Å². The fraction of sp³-hybridized carbons (Fsp3) is 0.222. The predicted molar refractivity (Wildman–Crippen MR) is 110 cm³/mol. The van der Waals surface area contributed by atoms with Gasteiger partial charge in [-0.25, -0.2) is 0 Å². The minimum absolute atomic E-state index is 0.404. The number of nitrogens with zero attached hydrogens (tertiary/aromatic N) is 3. The maximum atomic E-state index is 6.06. The van der Waals surface area contributed by atoms with Gasteiger partial charge in [-0.05, 0) is 24.3 Å². The van der Waals surface area contributed by atoms with Gasteiger partial charge in [-0.2, -0.15) is 0 Å². The number of benzene rings is 1. The molecule has 1 unspecified atom stereocenters. The molecule has 1 atom stereocenters. The normalized spacial score (nSPS) is 10.7. The zero-order valence-corrected chi connectivity index (χ0v) is 16.1. The molecule has 3 aromatic rings. The molecule has 136 valence electrons. The summed E-state index contributed by atoms with van der Waals surface area (Å²) in [5, 5.41) is 16.5. The molecule has 0 aliphatic rings. The largest absolute Gasteiger partial charge is 0.497 e. The third-order valence-electron chi connectivity index (χ3n) is 4.24. The highest BCUT2D eigenvalue weighted by Gasteiger charge is 2.16. The van der Waals surface area contributed by atoms with Crippen LogP contribution in [-0.4, -0.2) is 35.5 Å². The summed E-state index contributed by atoms with van der Waals surface area (Å²) in [6.07, 6.45) is 2.76. The lowest BCUT2D eigenvalue weighted by atomic mass is 10.2. The standard InChI is InChI=1S/C18H23N6OP/c1-11(20-2)8-9-21-17-15-14(16(19)22-23-17)10-24(18(15)26)12-4-6-13(25-3)7-5-12/h4-7,10,20H,1,8-9,26H2,2-3H3,(H2,19,22)(H,21,23). The molecule has 0 bridgehead atoms. The summed E-state index contributed by atoms with van der Waals surface area (Å²) in [4.78, 5) is 0. The van der Waals surface area contributed by atoms with Crippen molar-refractivity contribution in [2.45, 2.75) is 6.42 Å². The number of hydrogen-bond acceptors (Lipinski definition) is 6. The number of anilines is 2. The van der Waals surface area contributed by atoms with E-state index in [1.165, 1.54) is 0 Å². The Morgan fingerprint density at radius 1 is 1.31 bits per heavy atom. The van der Waals surface area contributed by atoms with Crippen molar-refractivity contribution in [1.29, 1.82) is 0 Å².